The molecular formula is C16H18ClFN2. The standard InChI is InChI=1S/C16H18ClFN2/c1-3-14-8-12(11-17)9-16(19-14)20(4-2)15-7-5-6-13(18)10-15/h5-10H,3-4,11H2,1-2H3. The van der Waals surface area contributed by atoms with Gasteiger partial charge in [-0.2, -0.15) is 0 Å². The first-order valence-corrected chi connectivity index (χ1v) is 7.30. The zero-order chi connectivity index (χ0) is 14.5. The lowest BCUT2D eigenvalue weighted by molar-refractivity contribution is 0.627. The van der Waals surface area contributed by atoms with Gasteiger partial charge in [0.2, 0.25) is 0 Å². The molecule has 0 aliphatic rings. The lowest BCUT2D eigenvalue weighted by Gasteiger charge is -2.23. The van der Waals surface area contributed by atoms with Crippen molar-refractivity contribution >= 4 is 23.1 Å². The number of anilines is 2. The molecule has 0 spiro atoms. The van der Waals surface area contributed by atoms with E-state index in [-0.39, 0.29) is 5.82 Å². The molecular weight excluding hydrogens is 275 g/mol. The van der Waals surface area contributed by atoms with E-state index in [0.717, 1.165) is 29.2 Å². The summed E-state index contributed by atoms with van der Waals surface area (Å²) in [5.41, 5.74) is 2.82. The highest BCUT2D eigenvalue weighted by Gasteiger charge is 2.11. The molecule has 4 heteroatoms. The predicted molar refractivity (Wildman–Crippen MR) is 82.3 cm³/mol. The molecule has 0 radical (unpaired) electrons. The van der Waals surface area contributed by atoms with Crippen LogP contribution in [-0.2, 0) is 12.3 Å². The van der Waals surface area contributed by atoms with Crippen LogP contribution in [0.5, 0.6) is 0 Å². The summed E-state index contributed by atoms with van der Waals surface area (Å²) in [6, 6.07) is 10.5. The summed E-state index contributed by atoms with van der Waals surface area (Å²) in [5.74, 6) is 1.02. The molecule has 0 atom stereocenters. The van der Waals surface area contributed by atoms with Crippen LogP contribution in [0.4, 0.5) is 15.9 Å². The molecule has 1 heterocycles. The highest BCUT2D eigenvalue weighted by Crippen LogP contribution is 2.26. The summed E-state index contributed by atoms with van der Waals surface area (Å²) in [6.45, 7) is 4.79. The van der Waals surface area contributed by atoms with Crippen molar-refractivity contribution in [2.45, 2.75) is 26.1 Å². The number of aryl methyl sites for hydroxylation is 1. The van der Waals surface area contributed by atoms with Gasteiger partial charge in [0.1, 0.15) is 11.6 Å². The summed E-state index contributed by atoms with van der Waals surface area (Å²) < 4.78 is 13.4. The quantitative estimate of drug-likeness (QED) is 0.744. The van der Waals surface area contributed by atoms with E-state index >= 15 is 0 Å². The molecule has 106 valence electrons. The maximum Gasteiger partial charge on any atom is 0.133 e. The fraction of sp³-hybridized carbons (Fsp3) is 0.312. The second-order valence-electron chi connectivity index (χ2n) is 4.54. The van der Waals surface area contributed by atoms with Crippen LogP contribution < -0.4 is 4.90 Å². The summed E-state index contributed by atoms with van der Waals surface area (Å²) in [7, 11) is 0. The summed E-state index contributed by atoms with van der Waals surface area (Å²) in [6.07, 6.45) is 0.846. The molecule has 0 unspecified atom stereocenters. The number of alkyl halides is 1. The van der Waals surface area contributed by atoms with E-state index < -0.39 is 0 Å². The van der Waals surface area contributed by atoms with Gasteiger partial charge < -0.3 is 4.90 Å². The number of hydrogen-bond acceptors (Lipinski definition) is 2. The number of benzene rings is 1. The Hall–Kier alpha value is -1.61. The second kappa shape index (κ2) is 6.71. The van der Waals surface area contributed by atoms with Gasteiger partial charge in [0, 0.05) is 23.8 Å². The third-order valence-electron chi connectivity index (χ3n) is 3.15. The van der Waals surface area contributed by atoms with Crippen molar-refractivity contribution in [3.05, 3.63) is 53.5 Å². The van der Waals surface area contributed by atoms with E-state index in [9.17, 15) is 4.39 Å². The van der Waals surface area contributed by atoms with Gasteiger partial charge in [0.05, 0.1) is 0 Å². The molecule has 1 aromatic carbocycles. The Labute approximate surface area is 124 Å². The molecule has 0 saturated heterocycles. The molecule has 0 bridgehead atoms. The maximum atomic E-state index is 13.4. The molecule has 0 aliphatic heterocycles. The van der Waals surface area contributed by atoms with Crippen LogP contribution in [0.2, 0.25) is 0 Å². The third-order valence-corrected chi connectivity index (χ3v) is 3.46. The molecule has 0 N–H and O–H groups in total. The molecule has 0 fully saturated rings. The SMILES string of the molecule is CCc1cc(CCl)cc(N(CC)c2cccc(F)c2)n1. The Morgan fingerprint density at radius 2 is 2.00 bits per heavy atom. The third kappa shape index (κ3) is 3.28. The van der Waals surface area contributed by atoms with E-state index in [2.05, 4.69) is 11.9 Å². The first-order chi connectivity index (χ1) is 9.67. The van der Waals surface area contributed by atoms with Crippen molar-refractivity contribution in [1.29, 1.82) is 0 Å². The Bertz CT molecular complexity index is 564. The van der Waals surface area contributed by atoms with Crippen LogP contribution in [0.25, 0.3) is 0 Å². The number of nitrogens with zero attached hydrogens (tertiary/aromatic N) is 2. The van der Waals surface area contributed by atoms with Crippen LogP contribution in [0.15, 0.2) is 36.4 Å². The molecule has 0 saturated carbocycles. The summed E-state index contributed by atoms with van der Waals surface area (Å²) in [5, 5.41) is 0. The summed E-state index contributed by atoms with van der Waals surface area (Å²) in [4.78, 5) is 6.61. The second-order valence-corrected chi connectivity index (χ2v) is 4.80. The molecule has 2 rings (SSSR count). The Kier molecular flexibility index (Phi) is 4.96. The van der Waals surface area contributed by atoms with E-state index in [1.54, 1.807) is 6.07 Å². The van der Waals surface area contributed by atoms with Gasteiger partial charge in [-0.25, -0.2) is 9.37 Å². The average Bonchev–Trinajstić information content (AvgIpc) is 2.47. The summed E-state index contributed by atoms with van der Waals surface area (Å²) >= 11 is 5.94. The van der Waals surface area contributed by atoms with Gasteiger partial charge >= 0.3 is 0 Å². The highest BCUT2D eigenvalue weighted by molar-refractivity contribution is 6.17. The molecule has 1 aromatic heterocycles. The van der Waals surface area contributed by atoms with Crippen LogP contribution >= 0.6 is 11.6 Å². The fourth-order valence-corrected chi connectivity index (χ4v) is 2.30. The van der Waals surface area contributed by atoms with Crippen molar-refractivity contribution in [3.8, 4) is 0 Å². The van der Waals surface area contributed by atoms with Gasteiger partial charge in [0.25, 0.3) is 0 Å². The molecule has 2 aromatic rings. The minimum Gasteiger partial charge on any atom is -0.327 e. The Morgan fingerprint density at radius 1 is 1.20 bits per heavy atom. The largest absolute Gasteiger partial charge is 0.327 e. The van der Waals surface area contributed by atoms with Gasteiger partial charge in [0.15, 0.2) is 0 Å². The number of rotatable bonds is 5. The minimum atomic E-state index is -0.245. The molecule has 0 aliphatic carbocycles. The molecule has 2 nitrogen and oxygen atoms in total. The van der Waals surface area contributed by atoms with Crippen LogP contribution in [0.1, 0.15) is 25.1 Å². The average molecular weight is 293 g/mol. The molecule has 0 amide bonds. The number of hydrogen-bond donors (Lipinski definition) is 0. The lowest BCUT2D eigenvalue weighted by atomic mass is 10.2. The van der Waals surface area contributed by atoms with E-state index in [1.165, 1.54) is 12.1 Å². The number of aromatic nitrogens is 1. The highest BCUT2D eigenvalue weighted by atomic mass is 35.5. The van der Waals surface area contributed by atoms with E-state index in [1.807, 2.05) is 30.0 Å². The van der Waals surface area contributed by atoms with Crippen molar-refractivity contribution in [3.63, 3.8) is 0 Å². The minimum absolute atomic E-state index is 0.245. The van der Waals surface area contributed by atoms with Gasteiger partial charge in [-0.15, -0.1) is 11.6 Å². The maximum absolute atomic E-state index is 13.4. The number of pyridine rings is 1. The number of halogens is 2. The van der Waals surface area contributed by atoms with E-state index in [4.69, 9.17) is 11.6 Å². The first-order valence-electron chi connectivity index (χ1n) is 6.76. The van der Waals surface area contributed by atoms with Gasteiger partial charge in [-0.05, 0) is 49.2 Å². The van der Waals surface area contributed by atoms with Crippen molar-refractivity contribution in [2.24, 2.45) is 0 Å². The van der Waals surface area contributed by atoms with Crippen LogP contribution in [0.3, 0.4) is 0 Å². The zero-order valence-corrected chi connectivity index (χ0v) is 12.5. The Balaban J connectivity index is 2.45. The lowest BCUT2D eigenvalue weighted by Crippen LogP contribution is -2.18. The fourth-order valence-electron chi connectivity index (χ4n) is 2.15. The Morgan fingerprint density at radius 3 is 2.60 bits per heavy atom. The monoisotopic (exact) mass is 292 g/mol. The van der Waals surface area contributed by atoms with Gasteiger partial charge in [-0.3, -0.25) is 0 Å². The first kappa shape index (κ1) is 14.8. The predicted octanol–water partition coefficient (Wildman–Crippen LogP) is 4.68. The topological polar surface area (TPSA) is 16.1 Å². The zero-order valence-electron chi connectivity index (χ0n) is 11.7. The van der Waals surface area contributed by atoms with Crippen LogP contribution in [-0.4, -0.2) is 11.5 Å². The van der Waals surface area contributed by atoms with Crippen molar-refractivity contribution < 1.29 is 4.39 Å². The molecule has 20 heavy (non-hydrogen) atoms. The van der Waals surface area contributed by atoms with Crippen molar-refractivity contribution in [1.82, 2.24) is 4.98 Å². The smallest absolute Gasteiger partial charge is 0.133 e. The van der Waals surface area contributed by atoms with E-state index in [0.29, 0.717) is 12.4 Å². The van der Waals surface area contributed by atoms with Crippen molar-refractivity contribution in [2.75, 3.05) is 11.4 Å². The van der Waals surface area contributed by atoms with Crippen LogP contribution in [0, 0.1) is 5.82 Å². The van der Waals surface area contributed by atoms with Gasteiger partial charge in [-0.1, -0.05) is 13.0 Å². The normalized spacial score (nSPS) is 10.6.